The number of rotatable bonds is 12. The average Bonchev–Trinajstić information content (AvgIpc) is 3.82. The summed E-state index contributed by atoms with van der Waals surface area (Å²) >= 11 is 0. The molecule has 0 radical (unpaired) electrons. The molecule has 19 heteroatoms. The maximum atomic E-state index is 12.5. The van der Waals surface area contributed by atoms with Crippen LogP contribution >= 0.6 is 0 Å². The van der Waals surface area contributed by atoms with E-state index in [1.165, 1.54) is 73.1 Å². The monoisotopic (exact) mass is 882 g/mol. The first-order valence-electron chi connectivity index (χ1n) is 15.5. The zero-order chi connectivity index (χ0) is 38.9. The molecule has 0 amide bonds. The van der Waals surface area contributed by atoms with Crippen molar-refractivity contribution in [3.05, 3.63) is 174 Å². The van der Waals surface area contributed by atoms with Gasteiger partial charge in [-0.3, -0.25) is 30.2 Å². The second-order valence-electron chi connectivity index (χ2n) is 11.1. The Labute approximate surface area is 335 Å². The van der Waals surface area contributed by atoms with Gasteiger partial charge in [-0.1, -0.05) is 71.8 Å². The molecular weight excluding hydrogens is 853 g/mol. The van der Waals surface area contributed by atoms with Gasteiger partial charge in [0.2, 0.25) is 0 Å². The summed E-state index contributed by atoms with van der Waals surface area (Å²) in [6.07, 6.45) is 2.53. The van der Waals surface area contributed by atoms with Gasteiger partial charge in [0, 0.05) is 11.4 Å². The standard InChI is InChI=1S/2C18H14N3O5S.Cd/c2*1-13-6-9-15(10-7-13)27(24,25)20-17-5-3-2-4-16(17)19-12-14-8-11-18(26-14)21(22)23;/h2*2-12H,1H3;/q2*-1;+2. The number of nitro groups is 2. The molecule has 0 aliphatic rings. The molecule has 0 aliphatic heterocycles. The molecule has 55 heavy (non-hydrogen) atoms. The predicted octanol–water partition coefficient (Wildman–Crippen LogP) is 9.28. The number of para-hydroxylation sites is 2. The summed E-state index contributed by atoms with van der Waals surface area (Å²) in [5, 5.41) is 21.3. The van der Waals surface area contributed by atoms with Gasteiger partial charge in [-0.15, -0.1) is 11.4 Å². The summed E-state index contributed by atoms with van der Waals surface area (Å²) in [4.78, 5) is 28.4. The Morgan fingerprint density at radius 1 is 0.545 bits per heavy atom. The zero-order valence-corrected chi connectivity index (χ0v) is 34.7. The van der Waals surface area contributed by atoms with Gasteiger partial charge in [-0.05, 0) is 62.4 Å². The van der Waals surface area contributed by atoms with Crippen molar-refractivity contribution in [1.82, 2.24) is 0 Å². The fourth-order valence-electron chi connectivity index (χ4n) is 4.37. The molecule has 6 aromatic rings. The zero-order valence-electron chi connectivity index (χ0n) is 29.0. The molecule has 0 N–H and O–H groups in total. The van der Waals surface area contributed by atoms with Crippen molar-refractivity contribution in [3.8, 4) is 0 Å². The van der Waals surface area contributed by atoms with Gasteiger partial charge < -0.3 is 18.3 Å². The number of nitrogens with zero attached hydrogens (tertiary/aromatic N) is 6. The van der Waals surface area contributed by atoms with Gasteiger partial charge in [0.05, 0.1) is 34.4 Å². The Morgan fingerprint density at radius 3 is 1.22 bits per heavy atom. The van der Waals surface area contributed by atoms with Crippen molar-refractivity contribution in [2.75, 3.05) is 0 Å². The van der Waals surface area contributed by atoms with Crippen molar-refractivity contribution in [1.29, 1.82) is 0 Å². The quantitative estimate of drug-likeness (QED) is 0.0489. The molecule has 4 aromatic carbocycles. The van der Waals surface area contributed by atoms with Gasteiger partial charge in [-0.2, -0.15) is 0 Å². The van der Waals surface area contributed by atoms with E-state index in [4.69, 9.17) is 8.83 Å². The van der Waals surface area contributed by atoms with E-state index in [-0.39, 0.29) is 71.4 Å². The summed E-state index contributed by atoms with van der Waals surface area (Å²) in [5.41, 5.74) is 2.74. The van der Waals surface area contributed by atoms with E-state index in [0.29, 0.717) is 0 Å². The van der Waals surface area contributed by atoms with Gasteiger partial charge in [-0.25, -0.2) is 16.8 Å². The van der Waals surface area contributed by atoms with Crippen molar-refractivity contribution in [3.63, 3.8) is 0 Å². The maximum absolute atomic E-state index is 12.5. The Hall–Kier alpha value is -6.00. The Kier molecular flexibility index (Phi) is 13.9. The van der Waals surface area contributed by atoms with E-state index in [1.807, 2.05) is 13.8 Å². The fraction of sp³-hybridized carbons (Fsp3) is 0.0556. The fourth-order valence-corrected chi connectivity index (χ4v) is 6.37. The van der Waals surface area contributed by atoms with Crippen LogP contribution in [0.25, 0.3) is 9.44 Å². The SMILES string of the molecule is Cc1ccc(S(=O)(=O)[N-]c2ccccc2N=Cc2ccc([N+](=O)[O-])o2)cc1.Cc1ccc(S(=O)(=O)[N-]c2ccccc2N=Cc2ccc([N+](=O)[O-])o2)cc1.[Cd+2]. The van der Waals surface area contributed by atoms with Crippen LogP contribution in [0.1, 0.15) is 22.6 Å². The third-order valence-corrected chi connectivity index (χ3v) is 9.69. The van der Waals surface area contributed by atoms with Crippen LogP contribution in [0, 0.1) is 34.1 Å². The number of hydrogen-bond acceptors (Lipinski definition) is 12. The minimum Gasteiger partial charge on any atom is -0.571 e. The van der Waals surface area contributed by atoms with E-state index in [2.05, 4.69) is 19.4 Å². The molecule has 6 rings (SSSR count). The first-order chi connectivity index (χ1) is 25.7. The van der Waals surface area contributed by atoms with Crippen LogP contribution in [0.4, 0.5) is 34.5 Å². The molecule has 2 aromatic heterocycles. The van der Waals surface area contributed by atoms with E-state index >= 15 is 0 Å². The summed E-state index contributed by atoms with van der Waals surface area (Å²) in [5.74, 6) is -0.483. The molecule has 0 saturated carbocycles. The Balaban J connectivity index is 0.000000240. The molecule has 2 heterocycles. The first kappa shape index (κ1) is 41.8. The smallest absolute Gasteiger partial charge is 0.571 e. The van der Waals surface area contributed by atoms with Gasteiger partial charge >= 0.3 is 39.1 Å². The van der Waals surface area contributed by atoms with Crippen molar-refractivity contribution < 1.29 is 62.8 Å². The molecular formula is C36H28CdN6O10S2. The minimum atomic E-state index is -3.90. The predicted molar refractivity (Wildman–Crippen MR) is 201 cm³/mol. The molecule has 0 aliphatic carbocycles. The second kappa shape index (κ2) is 18.4. The normalized spacial score (nSPS) is 11.4. The Bertz CT molecular complexity index is 2390. The molecule has 276 valence electrons. The number of benzene rings is 4. The maximum Gasteiger partial charge on any atom is 2.00 e. The summed E-state index contributed by atoms with van der Waals surface area (Å²) in [7, 11) is -7.81. The third-order valence-electron chi connectivity index (χ3n) is 7.09. The minimum absolute atomic E-state index is 0. The van der Waals surface area contributed by atoms with Gasteiger partial charge in [0.15, 0.2) is 11.5 Å². The second-order valence-corrected chi connectivity index (χ2v) is 14.3. The van der Waals surface area contributed by atoms with Crippen LogP contribution in [0.3, 0.4) is 0 Å². The van der Waals surface area contributed by atoms with Crippen LogP contribution < -0.4 is 0 Å². The van der Waals surface area contributed by atoms with E-state index in [1.54, 1.807) is 60.7 Å². The topological polar surface area (TPSA) is 234 Å². The van der Waals surface area contributed by atoms with Crippen LogP contribution in [0.15, 0.2) is 150 Å². The van der Waals surface area contributed by atoms with Crippen molar-refractivity contribution in [2.24, 2.45) is 9.98 Å². The van der Waals surface area contributed by atoms with Crippen LogP contribution in [-0.4, -0.2) is 39.1 Å². The number of aryl methyl sites for hydroxylation is 2. The molecule has 0 spiro atoms. The first-order valence-corrected chi connectivity index (χ1v) is 18.4. The number of sulfonamides is 2. The molecule has 0 saturated heterocycles. The van der Waals surface area contributed by atoms with Crippen molar-refractivity contribution >= 4 is 67.0 Å². The van der Waals surface area contributed by atoms with Gasteiger partial charge in [0.1, 0.15) is 29.9 Å². The van der Waals surface area contributed by atoms with E-state index in [0.717, 1.165) is 11.1 Å². The van der Waals surface area contributed by atoms with Crippen LogP contribution in [0.5, 0.6) is 0 Å². The Morgan fingerprint density at radius 2 is 0.891 bits per heavy atom. The number of furan rings is 2. The largest absolute Gasteiger partial charge is 2.00 e. The number of aliphatic imine (C=N–C) groups is 2. The summed E-state index contributed by atoms with van der Waals surface area (Å²) in [6.45, 7) is 3.72. The average molecular weight is 881 g/mol. The van der Waals surface area contributed by atoms with E-state index < -0.39 is 41.7 Å². The third kappa shape index (κ3) is 11.5. The van der Waals surface area contributed by atoms with Crippen molar-refractivity contribution in [2.45, 2.75) is 23.6 Å². The summed E-state index contributed by atoms with van der Waals surface area (Å²) in [6, 6.07) is 30.7. The van der Waals surface area contributed by atoms with Gasteiger partial charge in [0.25, 0.3) is 0 Å². The van der Waals surface area contributed by atoms with Crippen LogP contribution in [0.2, 0.25) is 0 Å². The number of hydrogen-bond donors (Lipinski definition) is 0. The van der Waals surface area contributed by atoms with E-state index in [9.17, 15) is 37.1 Å². The molecule has 0 atom stereocenters. The molecule has 0 bridgehead atoms. The molecule has 0 unspecified atom stereocenters. The molecule has 16 nitrogen and oxygen atoms in total. The summed E-state index contributed by atoms with van der Waals surface area (Å²) < 4.78 is 67.7. The molecule has 0 fully saturated rings. The van der Waals surface area contributed by atoms with Crippen LogP contribution in [-0.2, 0) is 47.3 Å².